The van der Waals surface area contributed by atoms with Crippen molar-refractivity contribution in [1.82, 2.24) is 10.4 Å². The van der Waals surface area contributed by atoms with Gasteiger partial charge in [0.1, 0.15) is 4.88 Å². The van der Waals surface area contributed by atoms with Gasteiger partial charge in [0.2, 0.25) is 0 Å². The number of ether oxygens (including phenoxy) is 1. The highest BCUT2D eigenvalue weighted by atomic mass is 79.9. The Morgan fingerprint density at radius 2 is 2.35 bits per heavy atom. The number of thiazole rings is 1. The normalized spacial score (nSPS) is 10.9. The Morgan fingerprint density at radius 3 is 2.96 bits per heavy atom. The number of nitrogen functional groups attached to an aromatic ring is 1. The first-order chi connectivity index (χ1) is 10.9. The van der Waals surface area contributed by atoms with E-state index < -0.39 is 0 Å². The molecule has 0 saturated heterocycles. The van der Waals surface area contributed by atoms with Crippen LogP contribution >= 0.6 is 27.3 Å². The summed E-state index contributed by atoms with van der Waals surface area (Å²) in [7, 11) is 0. The van der Waals surface area contributed by atoms with E-state index in [2.05, 4.69) is 31.4 Å². The number of hydrogen-bond acceptors (Lipinski definition) is 7. The monoisotopic (exact) mass is 398 g/mol. The van der Waals surface area contributed by atoms with Crippen LogP contribution in [0.1, 0.15) is 27.9 Å². The number of halogens is 1. The number of rotatable bonds is 5. The van der Waals surface area contributed by atoms with Crippen molar-refractivity contribution in [3.05, 3.63) is 32.7 Å². The number of nitrogens with one attached hydrogen (secondary N) is 1. The second-order valence-corrected chi connectivity index (χ2v) is 6.33. The molecule has 1 heterocycles. The topological polar surface area (TPSA) is 110 Å². The van der Waals surface area contributed by atoms with Crippen LogP contribution in [0, 0.1) is 6.92 Å². The van der Waals surface area contributed by atoms with Gasteiger partial charge >= 0.3 is 0 Å². The Bertz CT molecular complexity index is 761. The fraction of sp³-hybridized carbons (Fsp3) is 0.214. The van der Waals surface area contributed by atoms with Crippen LogP contribution in [0.5, 0.6) is 11.5 Å². The van der Waals surface area contributed by atoms with Crippen molar-refractivity contribution in [3.63, 3.8) is 0 Å². The average molecular weight is 399 g/mol. The number of phenolic OH excluding ortho intramolecular Hbond substituents is 1. The highest BCUT2D eigenvalue weighted by molar-refractivity contribution is 9.10. The summed E-state index contributed by atoms with van der Waals surface area (Å²) in [5, 5.41) is 14.1. The van der Waals surface area contributed by atoms with E-state index in [0.29, 0.717) is 38.1 Å². The van der Waals surface area contributed by atoms with Crippen molar-refractivity contribution in [2.75, 3.05) is 12.3 Å². The first-order valence-electron chi connectivity index (χ1n) is 6.64. The van der Waals surface area contributed by atoms with Gasteiger partial charge in [0.15, 0.2) is 16.6 Å². The van der Waals surface area contributed by atoms with Gasteiger partial charge in [0.05, 0.1) is 23.0 Å². The van der Waals surface area contributed by atoms with E-state index in [4.69, 9.17) is 10.5 Å². The number of hydrogen-bond donors (Lipinski definition) is 3. The molecule has 0 unspecified atom stereocenters. The fourth-order valence-corrected chi connectivity index (χ4v) is 2.96. The van der Waals surface area contributed by atoms with E-state index >= 15 is 0 Å². The summed E-state index contributed by atoms with van der Waals surface area (Å²) in [5.41, 5.74) is 9.19. The molecule has 9 heteroatoms. The molecule has 1 aromatic heterocycles. The molecule has 0 aliphatic carbocycles. The van der Waals surface area contributed by atoms with Crippen molar-refractivity contribution in [2.45, 2.75) is 13.8 Å². The minimum atomic E-state index is -0.379. The number of benzene rings is 1. The van der Waals surface area contributed by atoms with Gasteiger partial charge in [0, 0.05) is 0 Å². The fourth-order valence-electron chi connectivity index (χ4n) is 1.78. The van der Waals surface area contributed by atoms with Crippen LogP contribution in [0.4, 0.5) is 5.13 Å². The third kappa shape index (κ3) is 4.20. The third-order valence-electron chi connectivity index (χ3n) is 2.75. The Morgan fingerprint density at radius 1 is 1.61 bits per heavy atom. The quantitative estimate of drug-likeness (QED) is 0.529. The summed E-state index contributed by atoms with van der Waals surface area (Å²) in [5.74, 6) is -0.0275. The standard InChI is InChI=1S/C14H15BrN4O3S/c1-3-22-10-5-8(4-9(15)11(10)20)6-17-19-13(21)12-7(2)18-14(16)23-12/h4-6,20H,3H2,1-2H3,(H2,16,18)(H,19,21). The highest BCUT2D eigenvalue weighted by Crippen LogP contribution is 2.35. The summed E-state index contributed by atoms with van der Waals surface area (Å²) in [6.45, 7) is 3.94. The largest absolute Gasteiger partial charge is 0.503 e. The number of aryl methyl sites for hydroxylation is 1. The number of aromatic nitrogens is 1. The highest BCUT2D eigenvalue weighted by Gasteiger charge is 2.13. The molecule has 1 aromatic carbocycles. The smallest absolute Gasteiger partial charge is 0.283 e. The second-order valence-electron chi connectivity index (χ2n) is 4.45. The van der Waals surface area contributed by atoms with Crippen molar-refractivity contribution >= 4 is 44.5 Å². The number of phenols is 1. The zero-order chi connectivity index (χ0) is 17.0. The number of nitrogens with zero attached hydrogens (tertiary/aromatic N) is 2. The number of amides is 1. The van der Waals surface area contributed by atoms with E-state index in [1.165, 1.54) is 6.21 Å². The van der Waals surface area contributed by atoms with E-state index in [0.717, 1.165) is 11.3 Å². The van der Waals surface area contributed by atoms with Gasteiger partial charge in [-0.1, -0.05) is 11.3 Å². The number of nitrogens with two attached hydrogens (primary N) is 1. The maximum Gasteiger partial charge on any atom is 0.283 e. The predicted molar refractivity (Wildman–Crippen MR) is 93.3 cm³/mol. The average Bonchev–Trinajstić information content (AvgIpc) is 2.83. The summed E-state index contributed by atoms with van der Waals surface area (Å²) >= 11 is 4.34. The molecule has 0 aliphatic heterocycles. The lowest BCUT2D eigenvalue weighted by Crippen LogP contribution is -2.17. The van der Waals surface area contributed by atoms with E-state index in [1.54, 1.807) is 19.1 Å². The minimum absolute atomic E-state index is 0.0174. The molecule has 23 heavy (non-hydrogen) atoms. The SMILES string of the molecule is CCOc1cc(C=NNC(=O)c2sc(N)nc2C)cc(Br)c1O. The molecule has 7 nitrogen and oxygen atoms in total. The lowest BCUT2D eigenvalue weighted by atomic mass is 10.2. The Balaban J connectivity index is 2.11. The Hall–Kier alpha value is -2.13. The molecule has 0 spiro atoms. The van der Waals surface area contributed by atoms with Crippen LogP contribution in [0.15, 0.2) is 21.7 Å². The number of carbonyl (C=O) groups excluding carboxylic acids is 1. The van der Waals surface area contributed by atoms with Crippen LogP contribution < -0.4 is 15.9 Å². The summed E-state index contributed by atoms with van der Waals surface area (Å²) in [6.07, 6.45) is 1.45. The summed E-state index contributed by atoms with van der Waals surface area (Å²) < 4.78 is 5.80. The molecule has 0 atom stereocenters. The molecule has 0 bridgehead atoms. The molecule has 122 valence electrons. The van der Waals surface area contributed by atoms with Gasteiger partial charge < -0.3 is 15.6 Å². The van der Waals surface area contributed by atoms with Crippen LogP contribution in [0.2, 0.25) is 0 Å². The lowest BCUT2D eigenvalue weighted by molar-refractivity contribution is 0.0958. The molecule has 0 radical (unpaired) electrons. The van der Waals surface area contributed by atoms with Gasteiger partial charge in [-0.05, 0) is 47.5 Å². The molecule has 4 N–H and O–H groups in total. The molecule has 1 amide bonds. The first kappa shape index (κ1) is 17.2. The maximum absolute atomic E-state index is 12.0. The number of carbonyl (C=O) groups is 1. The lowest BCUT2D eigenvalue weighted by Gasteiger charge is -2.08. The number of hydrazone groups is 1. The van der Waals surface area contributed by atoms with E-state index in [-0.39, 0.29) is 11.7 Å². The molecule has 2 aromatic rings. The molecule has 0 fully saturated rings. The van der Waals surface area contributed by atoms with Gasteiger partial charge in [0.25, 0.3) is 5.91 Å². The zero-order valence-corrected chi connectivity index (χ0v) is 14.9. The molecule has 0 aliphatic rings. The van der Waals surface area contributed by atoms with Gasteiger partial charge in [-0.25, -0.2) is 10.4 Å². The number of aromatic hydroxyl groups is 1. The van der Waals surface area contributed by atoms with E-state index in [1.807, 2.05) is 6.92 Å². The maximum atomic E-state index is 12.0. The zero-order valence-electron chi connectivity index (χ0n) is 12.5. The predicted octanol–water partition coefficient (Wildman–Crippen LogP) is 2.66. The molecular formula is C14H15BrN4O3S. The Labute approximate surface area is 145 Å². The van der Waals surface area contributed by atoms with Crippen molar-refractivity contribution in [3.8, 4) is 11.5 Å². The summed E-state index contributed by atoms with van der Waals surface area (Å²) in [4.78, 5) is 16.4. The van der Waals surface area contributed by atoms with Crippen molar-refractivity contribution < 1.29 is 14.6 Å². The van der Waals surface area contributed by atoms with Gasteiger partial charge in [-0.15, -0.1) is 0 Å². The molecular weight excluding hydrogens is 384 g/mol. The third-order valence-corrected chi connectivity index (χ3v) is 4.34. The van der Waals surface area contributed by atoms with Gasteiger partial charge in [-0.2, -0.15) is 5.10 Å². The van der Waals surface area contributed by atoms with Gasteiger partial charge in [-0.3, -0.25) is 4.79 Å². The van der Waals surface area contributed by atoms with E-state index in [9.17, 15) is 9.90 Å². The van der Waals surface area contributed by atoms with Crippen molar-refractivity contribution in [1.29, 1.82) is 0 Å². The van der Waals surface area contributed by atoms with Crippen molar-refractivity contribution in [2.24, 2.45) is 5.10 Å². The minimum Gasteiger partial charge on any atom is -0.503 e. The van der Waals surface area contributed by atoms with Crippen LogP contribution in [0.3, 0.4) is 0 Å². The summed E-state index contributed by atoms with van der Waals surface area (Å²) in [6, 6.07) is 3.28. The van der Waals surface area contributed by atoms with Crippen LogP contribution in [-0.2, 0) is 0 Å². The van der Waals surface area contributed by atoms with Crippen LogP contribution in [-0.4, -0.2) is 28.8 Å². The second kappa shape index (κ2) is 7.42. The number of anilines is 1. The first-order valence-corrected chi connectivity index (χ1v) is 8.25. The van der Waals surface area contributed by atoms with Crippen LogP contribution in [0.25, 0.3) is 0 Å². The molecule has 2 rings (SSSR count). The Kier molecular flexibility index (Phi) is 5.56. The molecule has 0 saturated carbocycles.